The largest absolute Gasteiger partial charge is 0.388 e. The summed E-state index contributed by atoms with van der Waals surface area (Å²) in [5.74, 6) is 0.0695. The minimum Gasteiger partial charge on any atom is -0.388 e. The molecule has 0 spiro atoms. The first-order valence-corrected chi connectivity index (χ1v) is 6.75. The van der Waals surface area contributed by atoms with Crippen LogP contribution in [0.1, 0.15) is 34.4 Å². The van der Waals surface area contributed by atoms with E-state index in [1.807, 2.05) is 18.2 Å². The van der Waals surface area contributed by atoms with Crippen LogP contribution in [0.2, 0.25) is 0 Å². The smallest absolute Gasteiger partial charge is 0.0842 e. The van der Waals surface area contributed by atoms with E-state index < -0.39 is 6.10 Å². The Hall–Kier alpha value is -1.64. The third-order valence-electron chi connectivity index (χ3n) is 4.16. The van der Waals surface area contributed by atoms with E-state index in [0.29, 0.717) is 0 Å². The van der Waals surface area contributed by atoms with Crippen molar-refractivity contribution in [2.75, 3.05) is 0 Å². The lowest BCUT2D eigenvalue weighted by Gasteiger charge is -2.23. The number of rotatable bonds is 2. The molecule has 2 nitrogen and oxygen atoms in total. The maximum absolute atomic E-state index is 10.4. The van der Waals surface area contributed by atoms with E-state index in [1.54, 1.807) is 0 Å². The lowest BCUT2D eigenvalue weighted by molar-refractivity contribution is 0.108. The molecule has 0 unspecified atom stereocenters. The molecular formula is C17H19NO. The number of benzene rings is 2. The van der Waals surface area contributed by atoms with Crippen LogP contribution < -0.4 is 5.73 Å². The monoisotopic (exact) mass is 253 g/mol. The van der Waals surface area contributed by atoms with Gasteiger partial charge in [0.1, 0.15) is 0 Å². The van der Waals surface area contributed by atoms with Gasteiger partial charge in [0.25, 0.3) is 0 Å². The summed E-state index contributed by atoms with van der Waals surface area (Å²) in [5, 5.41) is 10.4. The Morgan fingerprint density at radius 3 is 2.47 bits per heavy atom. The van der Waals surface area contributed by atoms with Gasteiger partial charge < -0.3 is 10.8 Å². The molecule has 98 valence electrons. The van der Waals surface area contributed by atoms with Crippen molar-refractivity contribution >= 4 is 0 Å². The Morgan fingerprint density at radius 1 is 1.11 bits per heavy atom. The van der Waals surface area contributed by atoms with Crippen molar-refractivity contribution in [1.82, 2.24) is 0 Å². The van der Waals surface area contributed by atoms with Gasteiger partial charge in [0, 0.05) is 12.0 Å². The summed E-state index contributed by atoms with van der Waals surface area (Å²) in [5.41, 5.74) is 10.9. The van der Waals surface area contributed by atoms with Gasteiger partial charge in [0.2, 0.25) is 0 Å². The van der Waals surface area contributed by atoms with E-state index >= 15 is 0 Å². The van der Waals surface area contributed by atoms with Crippen LogP contribution in [0, 0.1) is 12.8 Å². The molecule has 1 aliphatic carbocycles. The Bertz CT molecular complexity index is 576. The molecule has 0 heterocycles. The number of aliphatic hydroxyl groups is 1. The second-order valence-corrected chi connectivity index (χ2v) is 5.45. The lowest BCUT2D eigenvalue weighted by Crippen LogP contribution is -2.24. The van der Waals surface area contributed by atoms with E-state index in [2.05, 4.69) is 37.3 Å². The number of nitrogens with two attached hydrogens (primary N) is 1. The highest BCUT2D eigenvalue weighted by Gasteiger charge is 2.35. The average molecular weight is 253 g/mol. The molecule has 2 aromatic rings. The molecular weight excluding hydrogens is 234 g/mol. The Labute approximate surface area is 113 Å². The molecule has 2 heteroatoms. The number of aryl methyl sites for hydroxylation is 1. The summed E-state index contributed by atoms with van der Waals surface area (Å²) < 4.78 is 0. The molecule has 0 saturated carbocycles. The standard InChI is InChI=1S/C17H19NO/c1-11-6-8-12(9-7-11)16(18)15-10-13-4-2-3-5-14(13)17(15)19/h2-9,15-17,19H,10,18H2,1H3/t15-,16+,17-/m1/s1. The Balaban J connectivity index is 1.87. The molecule has 3 N–H and O–H groups in total. The zero-order valence-corrected chi connectivity index (χ0v) is 11.1. The topological polar surface area (TPSA) is 46.2 Å². The van der Waals surface area contributed by atoms with Crippen LogP contribution >= 0.6 is 0 Å². The second kappa shape index (κ2) is 4.80. The highest BCUT2D eigenvalue weighted by molar-refractivity contribution is 5.36. The number of hydrogen-bond acceptors (Lipinski definition) is 2. The third-order valence-corrected chi connectivity index (χ3v) is 4.16. The van der Waals surface area contributed by atoms with Gasteiger partial charge in [-0.1, -0.05) is 54.1 Å². The molecule has 3 rings (SSSR count). The van der Waals surface area contributed by atoms with Crippen LogP contribution in [0.3, 0.4) is 0 Å². The van der Waals surface area contributed by atoms with E-state index in [-0.39, 0.29) is 12.0 Å². The van der Waals surface area contributed by atoms with Crippen molar-refractivity contribution in [3.63, 3.8) is 0 Å². The van der Waals surface area contributed by atoms with Crippen LogP contribution in [0.25, 0.3) is 0 Å². The fraction of sp³-hybridized carbons (Fsp3) is 0.294. The SMILES string of the molecule is Cc1ccc([C@H](N)[C@H]2Cc3ccccc3[C@H]2O)cc1. The van der Waals surface area contributed by atoms with Crippen molar-refractivity contribution in [2.45, 2.75) is 25.5 Å². The van der Waals surface area contributed by atoms with Gasteiger partial charge in [-0.3, -0.25) is 0 Å². The quantitative estimate of drug-likeness (QED) is 0.864. The van der Waals surface area contributed by atoms with Gasteiger partial charge in [0.15, 0.2) is 0 Å². The lowest BCUT2D eigenvalue weighted by atomic mass is 9.89. The van der Waals surface area contributed by atoms with Crippen LogP contribution in [-0.4, -0.2) is 5.11 Å². The molecule has 0 fully saturated rings. The first kappa shape index (κ1) is 12.4. The molecule has 0 aliphatic heterocycles. The normalized spacial score (nSPS) is 23.1. The van der Waals surface area contributed by atoms with E-state index in [9.17, 15) is 5.11 Å². The summed E-state index contributed by atoms with van der Waals surface area (Å²) in [7, 11) is 0. The van der Waals surface area contributed by atoms with E-state index in [4.69, 9.17) is 5.73 Å². The van der Waals surface area contributed by atoms with Crippen LogP contribution in [0.4, 0.5) is 0 Å². The van der Waals surface area contributed by atoms with E-state index in [0.717, 1.165) is 17.5 Å². The zero-order valence-electron chi connectivity index (χ0n) is 11.1. The molecule has 0 saturated heterocycles. The molecule has 0 amide bonds. The minimum absolute atomic E-state index is 0.0695. The molecule has 1 aliphatic rings. The Morgan fingerprint density at radius 2 is 1.79 bits per heavy atom. The summed E-state index contributed by atoms with van der Waals surface area (Å²) in [6.45, 7) is 2.07. The van der Waals surface area contributed by atoms with Crippen molar-refractivity contribution in [3.05, 3.63) is 70.8 Å². The van der Waals surface area contributed by atoms with Crippen molar-refractivity contribution < 1.29 is 5.11 Å². The third kappa shape index (κ3) is 2.18. The molecule has 3 atom stereocenters. The first-order chi connectivity index (χ1) is 9.16. The van der Waals surface area contributed by atoms with Crippen LogP contribution in [0.5, 0.6) is 0 Å². The maximum atomic E-state index is 10.4. The average Bonchev–Trinajstić information content (AvgIpc) is 2.77. The molecule has 0 aromatic heterocycles. The Kier molecular flexibility index (Phi) is 3.13. The van der Waals surface area contributed by atoms with Gasteiger partial charge in [-0.25, -0.2) is 0 Å². The number of fused-ring (bicyclic) bond motifs is 1. The fourth-order valence-corrected chi connectivity index (χ4v) is 2.96. The molecule has 0 radical (unpaired) electrons. The van der Waals surface area contributed by atoms with Gasteiger partial charge in [-0.15, -0.1) is 0 Å². The van der Waals surface area contributed by atoms with Gasteiger partial charge >= 0.3 is 0 Å². The van der Waals surface area contributed by atoms with E-state index in [1.165, 1.54) is 11.1 Å². The van der Waals surface area contributed by atoms with Gasteiger partial charge in [-0.2, -0.15) is 0 Å². The summed E-state index contributed by atoms with van der Waals surface area (Å²) in [6, 6.07) is 16.2. The highest BCUT2D eigenvalue weighted by atomic mass is 16.3. The van der Waals surface area contributed by atoms with Gasteiger partial charge in [-0.05, 0) is 30.0 Å². The molecule has 0 bridgehead atoms. The predicted octanol–water partition coefficient (Wildman–Crippen LogP) is 2.90. The highest BCUT2D eigenvalue weighted by Crippen LogP contribution is 2.41. The minimum atomic E-state index is -0.451. The zero-order chi connectivity index (χ0) is 13.4. The van der Waals surface area contributed by atoms with Gasteiger partial charge in [0.05, 0.1) is 6.10 Å². The van der Waals surface area contributed by atoms with Crippen molar-refractivity contribution in [2.24, 2.45) is 11.7 Å². The number of aliphatic hydroxyl groups excluding tert-OH is 1. The fourth-order valence-electron chi connectivity index (χ4n) is 2.96. The predicted molar refractivity (Wildman–Crippen MR) is 76.7 cm³/mol. The summed E-state index contributed by atoms with van der Waals surface area (Å²) in [4.78, 5) is 0. The van der Waals surface area contributed by atoms with Crippen LogP contribution in [0.15, 0.2) is 48.5 Å². The summed E-state index contributed by atoms with van der Waals surface area (Å²) in [6.07, 6.45) is 0.402. The number of hydrogen-bond donors (Lipinski definition) is 2. The molecule has 2 aromatic carbocycles. The second-order valence-electron chi connectivity index (χ2n) is 5.45. The van der Waals surface area contributed by atoms with Crippen LogP contribution in [-0.2, 0) is 6.42 Å². The summed E-state index contributed by atoms with van der Waals surface area (Å²) >= 11 is 0. The van der Waals surface area contributed by atoms with Crippen molar-refractivity contribution in [1.29, 1.82) is 0 Å². The van der Waals surface area contributed by atoms with Crippen molar-refractivity contribution in [3.8, 4) is 0 Å². The first-order valence-electron chi connectivity index (χ1n) is 6.75. The maximum Gasteiger partial charge on any atom is 0.0842 e. The molecule has 19 heavy (non-hydrogen) atoms.